The zero-order valence-electron chi connectivity index (χ0n) is 43.9. The van der Waals surface area contributed by atoms with Crippen LogP contribution < -0.4 is 22.5 Å². The van der Waals surface area contributed by atoms with E-state index < -0.39 is 137 Å². The largest absolute Gasteiger partial charge is 0.475 e. The monoisotopic (exact) mass is 1120 g/mol. The topological polar surface area (TPSA) is 207 Å². The Labute approximate surface area is 442 Å². The van der Waals surface area contributed by atoms with Crippen LogP contribution in [0.3, 0.4) is 0 Å². The fraction of sp³-hybridized carbons (Fsp3) is 0.500. The van der Waals surface area contributed by atoms with E-state index >= 15 is 4.57 Å². The van der Waals surface area contributed by atoms with E-state index in [1.54, 1.807) is 13.8 Å². The first kappa shape index (κ1) is 58.0. The molecule has 0 spiro atoms. The van der Waals surface area contributed by atoms with Crippen molar-refractivity contribution in [3.63, 3.8) is 0 Å². The first-order chi connectivity index (χ1) is 36.4. The number of benzene rings is 3. The van der Waals surface area contributed by atoms with Crippen molar-refractivity contribution in [1.82, 2.24) is 18.3 Å². The number of phosphoric acid groups is 1. The quantitative estimate of drug-likeness (QED) is 0.0486. The summed E-state index contributed by atoms with van der Waals surface area (Å²) in [4.78, 5) is 54.5. The first-order valence-electron chi connectivity index (χ1n) is 24.8. The van der Waals surface area contributed by atoms with Crippen molar-refractivity contribution in [1.29, 1.82) is 0 Å². The fourth-order valence-electron chi connectivity index (χ4n) is 8.80. The Hall–Kier alpha value is -5.18. The molecule has 0 N–H and O–H groups in total. The van der Waals surface area contributed by atoms with Crippen molar-refractivity contribution >= 4 is 16.1 Å². The Bertz CT molecular complexity index is 3110. The minimum Gasteiger partial charge on any atom is -0.414 e. The minimum absolute atomic E-state index is 0.0800. The van der Waals surface area contributed by atoms with Gasteiger partial charge < -0.3 is 37.6 Å². The molecule has 418 valence electrons. The Morgan fingerprint density at radius 3 is 1.71 bits per heavy atom. The molecule has 0 bridgehead atoms. The van der Waals surface area contributed by atoms with Crippen LogP contribution in [-0.4, -0.2) is 89.3 Å². The molecule has 0 aliphatic carbocycles. The molecule has 1 unspecified atom stereocenters. The van der Waals surface area contributed by atoms with E-state index in [4.69, 9.17) is 51.2 Å². The normalized spacial score (nSPS) is 24.2. The van der Waals surface area contributed by atoms with Gasteiger partial charge in [0.25, 0.3) is 11.1 Å². The number of aromatic nitrogens is 4. The van der Waals surface area contributed by atoms with Gasteiger partial charge in [0.05, 0.1) is 38.6 Å². The van der Waals surface area contributed by atoms with Crippen LogP contribution >= 0.6 is 7.82 Å². The van der Waals surface area contributed by atoms with Gasteiger partial charge in [-0.05, 0) is 54.7 Å². The molecule has 0 amide bonds. The highest BCUT2D eigenvalue weighted by atomic mass is 31.2. The number of halogens is 3. The summed E-state index contributed by atoms with van der Waals surface area (Å²) < 4.78 is 130. The van der Waals surface area contributed by atoms with Gasteiger partial charge in [-0.3, -0.25) is 32.3 Å². The maximum absolute atomic E-state index is 15.5. The van der Waals surface area contributed by atoms with Crippen molar-refractivity contribution in [3.8, 4) is 0 Å². The van der Waals surface area contributed by atoms with E-state index in [1.807, 2.05) is 94.5 Å². The average Bonchev–Trinajstić information content (AvgIpc) is 4.04. The third-order valence-corrected chi connectivity index (χ3v) is 19.8. The highest BCUT2D eigenvalue weighted by Gasteiger charge is 2.58. The summed E-state index contributed by atoms with van der Waals surface area (Å²) in [6, 6.07) is 25.0. The molecule has 0 saturated carbocycles. The fourth-order valence-corrected chi connectivity index (χ4v) is 11.2. The number of phosphoric ester groups is 1. The summed E-state index contributed by atoms with van der Waals surface area (Å²) in [5.74, 6) is -1.27. The molecule has 9 atom stereocenters. The molecule has 25 heteroatoms. The number of hydrogen-bond donors (Lipinski definition) is 0. The van der Waals surface area contributed by atoms with Crippen LogP contribution in [0.2, 0.25) is 18.1 Å². The summed E-state index contributed by atoms with van der Waals surface area (Å²) in [6.07, 6.45) is -12.5. The lowest BCUT2D eigenvalue weighted by atomic mass is 10.1. The van der Waals surface area contributed by atoms with E-state index in [0.29, 0.717) is 0 Å². The Balaban J connectivity index is 1.11. The van der Waals surface area contributed by atoms with Crippen molar-refractivity contribution in [2.75, 3.05) is 20.3 Å². The zero-order valence-corrected chi connectivity index (χ0v) is 45.8. The van der Waals surface area contributed by atoms with Gasteiger partial charge in [-0.15, -0.1) is 0 Å². The van der Waals surface area contributed by atoms with E-state index in [2.05, 4.69) is 0 Å². The summed E-state index contributed by atoms with van der Waals surface area (Å²) in [6.45, 7) is 10.7. The number of alkyl halides is 3. The molecule has 3 fully saturated rings. The van der Waals surface area contributed by atoms with Gasteiger partial charge in [-0.1, -0.05) is 99.6 Å². The van der Waals surface area contributed by atoms with Crippen molar-refractivity contribution < 1.29 is 68.9 Å². The number of rotatable bonds is 22. The average molecular weight is 1120 g/mol. The van der Waals surface area contributed by atoms with E-state index in [-0.39, 0.29) is 24.9 Å². The number of nitrogens with zero attached hydrogens (tertiary/aromatic N) is 4. The predicted octanol–water partition coefficient (Wildman–Crippen LogP) is 7.48. The highest BCUT2D eigenvalue weighted by Crippen LogP contribution is 2.56. The molecule has 77 heavy (non-hydrogen) atoms. The van der Waals surface area contributed by atoms with Crippen LogP contribution in [0.1, 0.15) is 69.3 Å². The third-order valence-electron chi connectivity index (χ3n) is 13.8. The number of hydrogen-bond acceptors (Lipinski definition) is 16. The van der Waals surface area contributed by atoms with E-state index in [9.17, 15) is 32.3 Å². The molecular formula is C52H64F3N4O16PSi. The smallest absolute Gasteiger partial charge is 0.414 e. The Morgan fingerprint density at radius 1 is 0.649 bits per heavy atom. The summed E-state index contributed by atoms with van der Waals surface area (Å²) >= 11 is 0. The third kappa shape index (κ3) is 13.5. The molecule has 5 aromatic rings. The van der Waals surface area contributed by atoms with Gasteiger partial charge in [0, 0.05) is 31.6 Å². The van der Waals surface area contributed by atoms with Gasteiger partial charge in [-0.25, -0.2) is 23.3 Å². The van der Waals surface area contributed by atoms with Crippen molar-refractivity contribution in [3.05, 3.63) is 173 Å². The molecule has 3 saturated heterocycles. The second-order valence-corrected chi connectivity index (χ2v) is 27.1. The van der Waals surface area contributed by atoms with Gasteiger partial charge in [-0.2, -0.15) is 13.2 Å². The van der Waals surface area contributed by atoms with E-state index in [0.717, 1.165) is 53.7 Å². The second-order valence-electron chi connectivity index (χ2n) is 20.7. The van der Waals surface area contributed by atoms with Crippen LogP contribution in [0.5, 0.6) is 0 Å². The van der Waals surface area contributed by atoms with Crippen LogP contribution in [-0.2, 0) is 95.2 Å². The molecule has 8 rings (SSSR count). The zero-order chi connectivity index (χ0) is 55.5. The lowest BCUT2D eigenvalue weighted by molar-refractivity contribution is -0.200. The Morgan fingerprint density at radius 2 is 1.17 bits per heavy atom. The molecule has 3 aliphatic rings. The summed E-state index contributed by atoms with van der Waals surface area (Å²) in [5.41, 5.74) is -2.89. The lowest BCUT2D eigenvalue weighted by Gasteiger charge is -2.37. The van der Waals surface area contributed by atoms with E-state index in [1.165, 1.54) is 31.6 Å². The summed E-state index contributed by atoms with van der Waals surface area (Å²) in [7, 11) is -6.53. The van der Waals surface area contributed by atoms with Gasteiger partial charge in [0.1, 0.15) is 50.1 Å². The molecule has 5 heterocycles. The molecule has 3 aromatic carbocycles. The van der Waals surface area contributed by atoms with Crippen LogP contribution in [0.4, 0.5) is 13.2 Å². The molecule has 0 radical (unpaired) electrons. The highest BCUT2D eigenvalue weighted by molar-refractivity contribution is 7.48. The first-order valence-corrected chi connectivity index (χ1v) is 29.2. The minimum atomic E-state index is -5.20. The molecule has 2 aromatic heterocycles. The van der Waals surface area contributed by atoms with Gasteiger partial charge >= 0.3 is 25.4 Å². The van der Waals surface area contributed by atoms with Gasteiger partial charge in [0.15, 0.2) is 26.6 Å². The van der Waals surface area contributed by atoms with Gasteiger partial charge in [0.2, 0.25) is 0 Å². The second kappa shape index (κ2) is 23.6. The maximum atomic E-state index is 15.5. The summed E-state index contributed by atoms with van der Waals surface area (Å²) in [5, 5.41) is -0.322. The number of ether oxygens (including phenoxy) is 7. The predicted molar refractivity (Wildman–Crippen MR) is 273 cm³/mol. The lowest BCUT2D eigenvalue weighted by Crippen LogP contribution is -2.45. The van der Waals surface area contributed by atoms with Crippen LogP contribution in [0, 0.1) is 0 Å². The van der Waals surface area contributed by atoms with Crippen LogP contribution in [0.25, 0.3) is 0 Å². The van der Waals surface area contributed by atoms with Crippen molar-refractivity contribution in [2.24, 2.45) is 0 Å². The maximum Gasteiger partial charge on any atom is 0.475 e. The van der Waals surface area contributed by atoms with Crippen molar-refractivity contribution in [2.45, 2.75) is 147 Å². The number of fused-ring (bicyclic) bond motifs is 1. The molecule has 20 nitrogen and oxygen atoms in total. The molecular weight excluding hydrogens is 1050 g/mol. The standard InChI is InChI=1S/C52H64F3N4O16PSi/c1-50(2,3)77(7,8)70-31-39-43(44(65-6)46(72-39)56-25-23-40(60)58(48(56)62)32-66-27-34-17-11-9-12-18-34)75-76(64,68-29-36-21-15-16-22-37(36)52(53,54)55)69-30-38-42-45(74-51(4,5)73-42)47(71-38)57-26-24-41(61)59(49(57)63)33-67-28-35-19-13-10-14-20-35/h9-26,38-39,42-47H,27-33H2,1-8H3/t38-,39-,42-,43-,44-,45-,46-,47-,76?/m1/s1. The Kier molecular flexibility index (Phi) is 17.8. The number of methoxy groups -OCH3 is 1. The van der Waals surface area contributed by atoms with Crippen LogP contribution in [0.15, 0.2) is 129 Å². The molecule has 3 aliphatic heterocycles. The SMILES string of the molecule is CO[C@@H]1[C@H](OP(=O)(OCc2ccccc2C(F)(F)F)OC[C@H]2O[C@@H](n3ccc(=O)n(COCc4ccccc4)c3=O)[C@@H]3OC(C)(C)O[C@@H]32)[C@@H](CO[Si](C)(C)C(C)(C)C)O[C@H]1n1ccc(=O)n(COCc2ccccc2)c1=O.